The van der Waals surface area contributed by atoms with Gasteiger partial charge >= 0.3 is 11.3 Å². The van der Waals surface area contributed by atoms with Crippen LogP contribution in [0.25, 0.3) is 0 Å². The molecule has 0 aromatic rings. The van der Waals surface area contributed by atoms with Crippen molar-refractivity contribution in [1.82, 2.24) is 0 Å². The van der Waals surface area contributed by atoms with Crippen LogP contribution in [0.2, 0.25) is 0 Å². The topological polar surface area (TPSA) is 52.6 Å². The lowest BCUT2D eigenvalue weighted by atomic mass is 9.99. The van der Waals surface area contributed by atoms with Crippen LogP contribution >= 0.6 is 12.6 Å². The molecule has 4 nitrogen and oxygen atoms in total. The minimum absolute atomic E-state index is 0.277. The molecule has 0 N–H and O–H groups in total. The molecule has 0 fully saturated rings. The lowest BCUT2D eigenvalue weighted by molar-refractivity contribution is -0.144. The standard InChI is InChI=1S/C9H10O4S/c1-12-8(10)6-4-2-3-5-7(6)13-9(11)14/h2-3,5-6H,4H2,1H3,(H,11,14). The third-order valence-corrected chi connectivity index (χ3v) is 1.89. The molecule has 0 saturated heterocycles. The lowest BCUT2D eigenvalue weighted by Gasteiger charge is -2.17. The third-order valence-electron chi connectivity index (χ3n) is 1.80. The Hall–Kier alpha value is -1.23. The van der Waals surface area contributed by atoms with E-state index in [-0.39, 0.29) is 5.76 Å². The van der Waals surface area contributed by atoms with Crippen LogP contribution in [0.4, 0.5) is 4.79 Å². The fraction of sp³-hybridized carbons (Fsp3) is 0.333. The Morgan fingerprint density at radius 3 is 2.86 bits per heavy atom. The third kappa shape index (κ3) is 2.63. The molecule has 1 atom stereocenters. The van der Waals surface area contributed by atoms with E-state index in [1.165, 1.54) is 7.11 Å². The van der Waals surface area contributed by atoms with Crippen molar-refractivity contribution in [3.05, 3.63) is 24.0 Å². The molecule has 0 radical (unpaired) electrons. The Kier molecular flexibility index (Phi) is 3.76. The van der Waals surface area contributed by atoms with Gasteiger partial charge in [-0.3, -0.25) is 4.79 Å². The first-order chi connectivity index (χ1) is 6.65. The van der Waals surface area contributed by atoms with Crippen molar-refractivity contribution < 1.29 is 19.1 Å². The zero-order valence-electron chi connectivity index (χ0n) is 7.60. The molecule has 0 aromatic carbocycles. The molecule has 1 unspecified atom stereocenters. The SMILES string of the molecule is COC(=O)C1CC=CC=C1OC(=O)S. The monoisotopic (exact) mass is 214 g/mol. The van der Waals surface area contributed by atoms with Crippen LogP contribution in [0.15, 0.2) is 24.0 Å². The zero-order valence-corrected chi connectivity index (χ0v) is 8.49. The largest absolute Gasteiger partial charge is 0.468 e. The second-order valence-corrected chi connectivity index (χ2v) is 3.04. The molecule has 0 aromatic heterocycles. The summed E-state index contributed by atoms with van der Waals surface area (Å²) in [6.07, 6.45) is 5.54. The number of esters is 1. The van der Waals surface area contributed by atoms with Gasteiger partial charge in [-0.1, -0.05) is 24.8 Å². The number of allylic oxidation sites excluding steroid dienone is 3. The molecular formula is C9H10O4S. The van der Waals surface area contributed by atoms with Crippen LogP contribution in [0, 0.1) is 5.92 Å². The highest BCUT2D eigenvalue weighted by Gasteiger charge is 2.26. The van der Waals surface area contributed by atoms with Crippen LogP contribution in [0.1, 0.15) is 6.42 Å². The molecule has 0 aliphatic heterocycles. The molecule has 1 aliphatic carbocycles. The first-order valence-electron chi connectivity index (χ1n) is 4.00. The molecule has 0 heterocycles. The van der Waals surface area contributed by atoms with E-state index in [4.69, 9.17) is 4.74 Å². The summed E-state index contributed by atoms with van der Waals surface area (Å²) in [5.41, 5.74) is 0. The average molecular weight is 214 g/mol. The van der Waals surface area contributed by atoms with Gasteiger partial charge in [-0.15, -0.1) is 0 Å². The van der Waals surface area contributed by atoms with Crippen molar-refractivity contribution in [2.24, 2.45) is 5.92 Å². The number of carbonyl (C=O) groups excluding carboxylic acids is 2. The fourth-order valence-electron chi connectivity index (χ4n) is 1.17. The minimum Gasteiger partial charge on any atom is -0.468 e. The van der Waals surface area contributed by atoms with Crippen molar-refractivity contribution in [1.29, 1.82) is 0 Å². The molecule has 0 amide bonds. The summed E-state index contributed by atoms with van der Waals surface area (Å²) < 4.78 is 9.33. The molecule has 0 spiro atoms. The van der Waals surface area contributed by atoms with Crippen LogP contribution < -0.4 is 0 Å². The van der Waals surface area contributed by atoms with Crippen molar-refractivity contribution in [3.8, 4) is 0 Å². The van der Waals surface area contributed by atoms with E-state index in [0.717, 1.165) is 0 Å². The Labute approximate surface area is 87.0 Å². The van der Waals surface area contributed by atoms with Gasteiger partial charge in [-0.25, -0.2) is 4.79 Å². The van der Waals surface area contributed by atoms with E-state index < -0.39 is 17.2 Å². The number of rotatable bonds is 2. The van der Waals surface area contributed by atoms with E-state index in [1.54, 1.807) is 18.2 Å². The van der Waals surface area contributed by atoms with Crippen LogP contribution in [-0.2, 0) is 14.3 Å². The van der Waals surface area contributed by atoms with E-state index >= 15 is 0 Å². The Morgan fingerprint density at radius 2 is 2.29 bits per heavy atom. The second kappa shape index (κ2) is 4.85. The average Bonchev–Trinajstić information content (AvgIpc) is 2.16. The van der Waals surface area contributed by atoms with E-state index in [9.17, 15) is 9.59 Å². The Balaban J connectivity index is 2.76. The second-order valence-electron chi connectivity index (χ2n) is 2.68. The summed E-state index contributed by atoms with van der Waals surface area (Å²) in [6, 6.07) is 0. The number of hydrogen-bond donors (Lipinski definition) is 1. The quantitative estimate of drug-likeness (QED) is 0.561. The molecular weight excluding hydrogens is 204 g/mol. The normalized spacial score (nSPS) is 19.9. The summed E-state index contributed by atoms with van der Waals surface area (Å²) in [6.45, 7) is 0. The van der Waals surface area contributed by atoms with Crippen molar-refractivity contribution in [3.63, 3.8) is 0 Å². The van der Waals surface area contributed by atoms with E-state index in [0.29, 0.717) is 6.42 Å². The van der Waals surface area contributed by atoms with Gasteiger partial charge < -0.3 is 9.47 Å². The maximum Gasteiger partial charge on any atom is 0.369 e. The molecule has 1 aliphatic rings. The molecule has 0 bridgehead atoms. The van der Waals surface area contributed by atoms with Crippen LogP contribution in [0.3, 0.4) is 0 Å². The van der Waals surface area contributed by atoms with Crippen LogP contribution in [-0.4, -0.2) is 18.4 Å². The van der Waals surface area contributed by atoms with Crippen molar-refractivity contribution >= 4 is 23.9 Å². The highest BCUT2D eigenvalue weighted by molar-refractivity contribution is 7.96. The van der Waals surface area contributed by atoms with Gasteiger partial charge in [0.25, 0.3) is 0 Å². The Morgan fingerprint density at radius 1 is 1.57 bits per heavy atom. The summed E-state index contributed by atoms with van der Waals surface area (Å²) in [4.78, 5) is 21.8. The zero-order chi connectivity index (χ0) is 10.6. The van der Waals surface area contributed by atoms with Gasteiger partial charge in [-0.05, 0) is 12.5 Å². The number of methoxy groups -OCH3 is 1. The fourth-order valence-corrected chi connectivity index (χ4v) is 1.28. The summed E-state index contributed by atoms with van der Waals surface area (Å²) in [5.74, 6) is -0.685. The predicted octanol–water partition coefficient (Wildman–Crippen LogP) is 1.69. The Bertz CT molecular complexity index is 306. The first-order valence-corrected chi connectivity index (χ1v) is 4.45. The molecule has 76 valence electrons. The summed E-state index contributed by atoms with van der Waals surface area (Å²) >= 11 is 3.47. The number of thiol groups is 1. The molecule has 1 rings (SSSR count). The van der Waals surface area contributed by atoms with Gasteiger partial charge in [0.15, 0.2) is 0 Å². The summed E-state index contributed by atoms with van der Waals surface area (Å²) in [7, 11) is 1.29. The first kappa shape index (κ1) is 10.8. The predicted molar refractivity (Wildman–Crippen MR) is 52.8 cm³/mol. The maximum atomic E-state index is 11.2. The van der Waals surface area contributed by atoms with Crippen molar-refractivity contribution in [2.45, 2.75) is 6.42 Å². The molecule has 5 heteroatoms. The smallest absolute Gasteiger partial charge is 0.369 e. The number of ether oxygens (including phenoxy) is 2. The summed E-state index contributed by atoms with van der Waals surface area (Å²) in [5, 5.41) is -0.736. The molecule has 0 saturated carbocycles. The van der Waals surface area contributed by atoms with Gasteiger partial charge in [0.2, 0.25) is 0 Å². The minimum atomic E-state index is -0.736. The maximum absolute atomic E-state index is 11.2. The van der Waals surface area contributed by atoms with Crippen LogP contribution in [0.5, 0.6) is 0 Å². The van der Waals surface area contributed by atoms with Gasteiger partial charge in [-0.2, -0.15) is 0 Å². The number of hydrogen-bond acceptors (Lipinski definition) is 4. The lowest BCUT2D eigenvalue weighted by Crippen LogP contribution is -2.21. The highest BCUT2D eigenvalue weighted by Crippen LogP contribution is 2.23. The van der Waals surface area contributed by atoms with Gasteiger partial charge in [0, 0.05) is 0 Å². The van der Waals surface area contributed by atoms with Gasteiger partial charge in [0.05, 0.1) is 7.11 Å². The van der Waals surface area contributed by atoms with Gasteiger partial charge in [0.1, 0.15) is 11.7 Å². The number of carbonyl (C=O) groups is 2. The molecule has 14 heavy (non-hydrogen) atoms. The highest BCUT2D eigenvalue weighted by atomic mass is 32.1. The van der Waals surface area contributed by atoms with Crippen molar-refractivity contribution in [2.75, 3.05) is 7.11 Å². The van der Waals surface area contributed by atoms with E-state index in [2.05, 4.69) is 17.4 Å². The van der Waals surface area contributed by atoms with E-state index in [1.807, 2.05) is 0 Å².